The Bertz CT molecular complexity index is 164. The van der Waals surface area contributed by atoms with E-state index in [4.69, 9.17) is 0 Å². The van der Waals surface area contributed by atoms with Crippen LogP contribution in [0, 0.1) is 11.3 Å². The van der Waals surface area contributed by atoms with E-state index in [1.165, 1.54) is 32.1 Å². The third-order valence-electron chi connectivity index (χ3n) is 3.69. The van der Waals surface area contributed by atoms with E-state index in [9.17, 15) is 5.11 Å². The van der Waals surface area contributed by atoms with Crippen molar-refractivity contribution in [1.82, 2.24) is 5.32 Å². The number of rotatable bonds is 9. The summed E-state index contributed by atoms with van der Waals surface area (Å²) in [5.41, 5.74) is 0.489. The zero-order valence-electron chi connectivity index (χ0n) is 11.8. The molecule has 0 aromatic heterocycles. The predicted octanol–water partition coefficient (Wildman–Crippen LogP) is 3.20. The minimum atomic E-state index is 0.246. The van der Waals surface area contributed by atoms with Crippen LogP contribution in [0.15, 0.2) is 0 Å². The molecule has 16 heavy (non-hydrogen) atoms. The molecule has 0 aliphatic carbocycles. The van der Waals surface area contributed by atoms with E-state index in [0.717, 1.165) is 0 Å². The summed E-state index contributed by atoms with van der Waals surface area (Å²) in [6.45, 7) is 9.46. The number of likely N-dealkylation sites (N-methyl/N-ethyl adjacent to an activating group) is 1. The summed E-state index contributed by atoms with van der Waals surface area (Å²) in [5.74, 6) is 0.562. The Morgan fingerprint density at radius 1 is 1.25 bits per heavy atom. The summed E-state index contributed by atoms with van der Waals surface area (Å²) in [7, 11) is 1.93. The molecule has 0 saturated heterocycles. The van der Waals surface area contributed by atoms with Gasteiger partial charge in [-0.25, -0.2) is 0 Å². The molecule has 0 fully saturated rings. The first-order valence-corrected chi connectivity index (χ1v) is 6.75. The Balaban J connectivity index is 3.80. The van der Waals surface area contributed by atoms with E-state index in [-0.39, 0.29) is 12.6 Å². The van der Waals surface area contributed by atoms with Gasteiger partial charge in [-0.1, -0.05) is 40.5 Å². The summed E-state index contributed by atoms with van der Waals surface area (Å²) >= 11 is 0. The van der Waals surface area contributed by atoms with Crippen molar-refractivity contribution >= 4 is 0 Å². The van der Waals surface area contributed by atoms with Crippen LogP contribution in [0.5, 0.6) is 0 Å². The van der Waals surface area contributed by atoms with Gasteiger partial charge in [0.15, 0.2) is 0 Å². The maximum absolute atomic E-state index is 9.18. The van der Waals surface area contributed by atoms with Gasteiger partial charge in [0.05, 0.1) is 6.61 Å². The molecular weight excluding hydrogens is 198 g/mol. The maximum atomic E-state index is 9.18. The molecule has 0 rings (SSSR count). The highest BCUT2D eigenvalue weighted by atomic mass is 16.3. The molecule has 0 aliphatic heterocycles. The lowest BCUT2D eigenvalue weighted by Gasteiger charge is -2.26. The lowest BCUT2D eigenvalue weighted by Crippen LogP contribution is -2.35. The first-order valence-electron chi connectivity index (χ1n) is 6.75. The molecule has 0 saturated carbocycles. The molecule has 0 radical (unpaired) electrons. The molecule has 2 atom stereocenters. The van der Waals surface area contributed by atoms with Gasteiger partial charge in [-0.2, -0.15) is 0 Å². The van der Waals surface area contributed by atoms with E-state index in [1.54, 1.807) is 0 Å². The van der Waals surface area contributed by atoms with Crippen molar-refractivity contribution in [1.29, 1.82) is 0 Å². The Kier molecular flexibility index (Phi) is 8.04. The summed E-state index contributed by atoms with van der Waals surface area (Å²) in [6.07, 6.45) is 6.37. The van der Waals surface area contributed by atoms with Crippen LogP contribution in [0.2, 0.25) is 0 Å². The van der Waals surface area contributed by atoms with Crippen molar-refractivity contribution in [3.05, 3.63) is 0 Å². The monoisotopic (exact) mass is 229 g/mol. The summed E-state index contributed by atoms with van der Waals surface area (Å²) in [5, 5.41) is 12.4. The highest BCUT2D eigenvalue weighted by Crippen LogP contribution is 2.29. The van der Waals surface area contributed by atoms with Crippen LogP contribution in [0.3, 0.4) is 0 Å². The average Bonchev–Trinajstić information content (AvgIpc) is 2.19. The molecule has 0 heterocycles. The standard InChI is InChI=1S/C14H31NO/c1-6-9-14(3,4)10-7-8-12(2)13(11-16)15-5/h12-13,15-16H,6-11H2,1-5H3. The van der Waals surface area contributed by atoms with Gasteiger partial charge in [-0.15, -0.1) is 0 Å². The number of aliphatic hydroxyl groups excluding tert-OH is 1. The maximum Gasteiger partial charge on any atom is 0.0587 e. The lowest BCUT2D eigenvalue weighted by molar-refractivity contribution is 0.199. The van der Waals surface area contributed by atoms with Gasteiger partial charge in [0.1, 0.15) is 0 Å². The number of hydrogen-bond donors (Lipinski definition) is 2. The molecule has 2 unspecified atom stereocenters. The van der Waals surface area contributed by atoms with E-state index >= 15 is 0 Å². The first-order chi connectivity index (χ1) is 7.46. The van der Waals surface area contributed by atoms with Crippen molar-refractivity contribution in [2.75, 3.05) is 13.7 Å². The van der Waals surface area contributed by atoms with Crippen LogP contribution in [0.25, 0.3) is 0 Å². The molecule has 0 aromatic rings. The van der Waals surface area contributed by atoms with Crippen molar-refractivity contribution < 1.29 is 5.11 Å². The van der Waals surface area contributed by atoms with Gasteiger partial charge in [0.2, 0.25) is 0 Å². The zero-order chi connectivity index (χ0) is 12.6. The van der Waals surface area contributed by atoms with Crippen molar-refractivity contribution in [2.45, 2.75) is 65.8 Å². The fourth-order valence-electron chi connectivity index (χ4n) is 2.46. The zero-order valence-corrected chi connectivity index (χ0v) is 11.8. The second-order valence-corrected chi connectivity index (χ2v) is 5.86. The third kappa shape index (κ3) is 6.49. The Labute approximate surface area is 102 Å². The Morgan fingerprint density at radius 3 is 2.31 bits per heavy atom. The highest BCUT2D eigenvalue weighted by molar-refractivity contribution is 4.73. The first kappa shape index (κ1) is 15.9. The van der Waals surface area contributed by atoms with E-state index in [1.807, 2.05) is 7.05 Å². The van der Waals surface area contributed by atoms with Crippen LogP contribution < -0.4 is 5.32 Å². The van der Waals surface area contributed by atoms with E-state index in [2.05, 4.69) is 33.0 Å². The van der Waals surface area contributed by atoms with Crippen molar-refractivity contribution in [2.24, 2.45) is 11.3 Å². The molecule has 0 aromatic carbocycles. The fraction of sp³-hybridized carbons (Fsp3) is 1.00. The molecule has 0 spiro atoms. The molecular formula is C14H31NO. The Morgan fingerprint density at radius 2 is 1.88 bits per heavy atom. The summed E-state index contributed by atoms with van der Waals surface area (Å²) in [6, 6.07) is 0.259. The molecule has 0 aliphatic rings. The summed E-state index contributed by atoms with van der Waals surface area (Å²) in [4.78, 5) is 0. The van der Waals surface area contributed by atoms with Gasteiger partial charge in [0, 0.05) is 6.04 Å². The molecule has 2 heteroatoms. The SMILES string of the molecule is CCCC(C)(C)CCCC(C)C(CO)NC. The van der Waals surface area contributed by atoms with Crippen LogP contribution in [-0.4, -0.2) is 24.8 Å². The second-order valence-electron chi connectivity index (χ2n) is 5.86. The topological polar surface area (TPSA) is 32.3 Å². The minimum Gasteiger partial charge on any atom is -0.395 e. The average molecular weight is 229 g/mol. The Hall–Kier alpha value is -0.0800. The minimum absolute atomic E-state index is 0.246. The van der Waals surface area contributed by atoms with Crippen LogP contribution in [0.1, 0.15) is 59.8 Å². The summed E-state index contributed by atoms with van der Waals surface area (Å²) < 4.78 is 0. The van der Waals surface area contributed by atoms with Crippen LogP contribution in [0.4, 0.5) is 0 Å². The highest BCUT2D eigenvalue weighted by Gasteiger charge is 2.18. The number of aliphatic hydroxyl groups is 1. The van der Waals surface area contributed by atoms with E-state index in [0.29, 0.717) is 11.3 Å². The van der Waals surface area contributed by atoms with Gasteiger partial charge >= 0.3 is 0 Å². The van der Waals surface area contributed by atoms with Crippen LogP contribution >= 0.6 is 0 Å². The number of nitrogens with one attached hydrogen (secondary N) is 1. The molecule has 0 amide bonds. The predicted molar refractivity (Wildman–Crippen MR) is 71.6 cm³/mol. The molecule has 0 bridgehead atoms. The van der Waals surface area contributed by atoms with Crippen molar-refractivity contribution in [3.63, 3.8) is 0 Å². The fourth-order valence-corrected chi connectivity index (χ4v) is 2.46. The van der Waals surface area contributed by atoms with Gasteiger partial charge in [-0.3, -0.25) is 0 Å². The van der Waals surface area contributed by atoms with Crippen LogP contribution in [-0.2, 0) is 0 Å². The van der Waals surface area contributed by atoms with Gasteiger partial charge < -0.3 is 10.4 Å². The molecule has 2 nitrogen and oxygen atoms in total. The quantitative estimate of drug-likeness (QED) is 0.636. The van der Waals surface area contributed by atoms with Gasteiger partial charge in [0.25, 0.3) is 0 Å². The second kappa shape index (κ2) is 8.08. The number of hydrogen-bond acceptors (Lipinski definition) is 2. The van der Waals surface area contributed by atoms with E-state index < -0.39 is 0 Å². The van der Waals surface area contributed by atoms with Crippen molar-refractivity contribution in [3.8, 4) is 0 Å². The molecule has 2 N–H and O–H groups in total. The third-order valence-corrected chi connectivity index (χ3v) is 3.69. The lowest BCUT2D eigenvalue weighted by atomic mass is 9.81. The largest absolute Gasteiger partial charge is 0.395 e. The normalized spacial score (nSPS) is 16.1. The van der Waals surface area contributed by atoms with Gasteiger partial charge in [-0.05, 0) is 37.6 Å². The molecule has 98 valence electrons. The smallest absolute Gasteiger partial charge is 0.0587 e.